The molecule has 5 rings (SSSR count). The molecule has 0 aromatic heterocycles. The molecule has 0 bridgehead atoms. The number of thioether (sulfide) groups is 1. The van der Waals surface area contributed by atoms with Crippen molar-refractivity contribution in [3.63, 3.8) is 0 Å². The van der Waals surface area contributed by atoms with Gasteiger partial charge in [0.1, 0.15) is 4.91 Å². The molecule has 1 N–H and O–H groups in total. The molecule has 3 aromatic carbocycles. The Kier molecular flexibility index (Phi) is 5.49. The zero-order valence-electron chi connectivity index (χ0n) is 18.6. The van der Waals surface area contributed by atoms with Gasteiger partial charge in [-0.3, -0.25) is 14.5 Å². The predicted octanol–water partition coefficient (Wildman–Crippen LogP) is 4.88. The molecule has 170 valence electrons. The van der Waals surface area contributed by atoms with E-state index >= 15 is 0 Å². The third-order valence-electron chi connectivity index (χ3n) is 5.70. The second kappa shape index (κ2) is 8.50. The highest BCUT2D eigenvalue weighted by Gasteiger charge is 2.60. The van der Waals surface area contributed by atoms with Crippen LogP contribution in [0.15, 0.2) is 100 Å². The van der Waals surface area contributed by atoms with Crippen molar-refractivity contribution in [3.8, 4) is 0 Å². The minimum Gasteiger partial charge on any atom is -0.459 e. The van der Waals surface area contributed by atoms with Gasteiger partial charge in [0.2, 0.25) is 0 Å². The van der Waals surface area contributed by atoms with Crippen LogP contribution in [0.5, 0.6) is 0 Å². The summed E-state index contributed by atoms with van der Waals surface area (Å²) >= 11 is 1.14. The van der Waals surface area contributed by atoms with E-state index in [-0.39, 0.29) is 10.5 Å². The Balaban J connectivity index is 1.89. The molecule has 2 aliphatic rings. The molecule has 1 fully saturated rings. The Morgan fingerprint density at radius 3 is 2.21 bits per heavy atom. The summed E-state index contributed by atoms with van der Waals surface area (Å²) in [5, 5.41) is 3.50. The van der Waals surface area contributed by atoms with Crippen LogP contribution in [0.2, 0.25) is 0 Å². The zero-order valence-corrected chi connectivity index (χ0v) is 19.5. The van der Waals surface area contributed by atoms with Gasteiger partial charge in [0.15, 0.2) is 5.66 Å². The molecule has 0 radical (unpaired) electrons. The Bertz CT molecular complexity index is 1320. The number of fused-ring (bicyclic) bond motifs is 2. The average Bonchev–Trinajstić information content (AvgIpc) is 2.96. The molecule has 1 saturated heterocycles. The van der Waals surface area contributed by atoms with Crippen molar-refractivity contribution in [2.75, 3.05) is 10.2 Å². The number of para-hydroxylation sites is 2. The van der Waals surface area contributed by atoms with E-state index in [9.17, 15) is 14.4 Å². The fraction of sp³-hybridized carbons (Fsp3) is 0.148. The summed E-state index contributed by atoms with van der Waals surface area (Å²) in [5.74, 6) is -2.09. The number of amides is 1. The summed E-state index contributed by atoms with van der Waals surface area (Å²) in [6.45, 7) is 3.50. The molecule has 0 saturated carbocycles. The molecule has 1 unspecified atom stereocenters. The van der Waals surface area contributed by atoms with Gasteiger partial charge in [0.05, 0.1) is 17.4 Å². The number of anilines is 2. The van der Waals surface area contributed by atoms with E-state index in [0.29, 0.717) is 16.9 Å². The average molecular weight is 471 g/mol. The van der Waals surface area contributed by atoms with Crippen LogP contribution in [0.25, 0.3) is 0 Å². The monoisotopic (exact) mass is 470 g/mol. The Labute approximate surface area is 201 Å². The lowest BCUT2D eigenvalue weighted by Crippen LogP contribution is -2.50. The first kappa shape index (κ1) is 22.0. The normalized spacial score (nSPS) is 19.4. The second-order valence-corrected chi connectivity index (χ2v) is 9.32. The van der Waals surface area contributed by atoms with Crippen LogP contribution in [-0.4, -0.2) is 23.8 Å². The number of esters is 1. The summed E-state index contributed by atoms with van der Waals surface area (Å²) in [7, 11) is 0. The number of ether oxygens (including phenoxy) is 1. The highest BCUT2D eigenvalue weighted by molar-refractivity contribution is 8.04. The number of nitrogens with one attached hydrogen (secondary N) is 1. The maximum atomic E-state index is 13.7. The van der Waals surface area contributed by atoms with Crippen LogP contribution >= 0.6 is 11.8 Å². The van der Waals surface area contributed by atoms with E-state index in [1.165, 1.54) is 4.90 Å². The highest BCUT2D eigenvalue weighted by Crippen LogP contribution is 2.52. The largest absolute Gasteiger partial charge is 0.459 e. The van der Waals surface area contributed by atoms with Crippen LogP contribution in [0, 0.1) is 0 Å². The quantitative estimate of drug-likeness (QED) is 0.433. The van der Waals surface area contributed by atoms with Crippen molar-refractivity contribution < 1.29 is 19.1 Å². The Morgan fingerprint density at radius 1 is 0.912 bits per heavy atom. The minimum atomic E-state index is -1.44. The van der Waals surface area contributed by atoms with E-state index in [4.69, 9.17) is 4.74 Å². The lowest BCUT2D eigenvalue weighted by Gasteiger charge is -2.40. The van der Waals surface area contributed by atoms with Gasteiger partial charge in [0, 0.05) is 16.1 Å². The van der Waals surface area contributed by atoms with Crippen molar-refractivity contribution >= 4 is 40.8 Å². The molecular formula is C27H22N2O4S. The van der Waals surface area contributed by atoms with Gasteiger partial charge in [-0.1, -0.05) is 72.4 Å². The zero-order chi connectivity index (χ0) is 23.9. The van der Waals surface area contributed by atoms with Crippen molar-refractivity contribution in [3.05, 3.63) is 101 Å². The van der Waals surface area contributed by atoms with Gasteiger partial charge in [0.25, 0.3) is 5.78 Å². The van der Waals surface area contributed by atoms with Crippen molar-refractivity contribution in [1.82, 2.24) is 0 Å². The molecule has 3 aromatic rings. The first-order valence-electron chi connectivity index (χ1n) is 10.9. The van der Waals surface area contributed by atoms with Crippen LogP contribution < -0.4 is 10.2 Å². The number of carbonyl (C=O) groups is 3. The molecule has 2 aliphatic heterocycles. The number of hydrogen-bond donors (Lipinski definition) is 1. The minimum absolute atomic E-state index is 0.0689. The van der Waals surface area contributed by atoms with Crippen LogP contribution in [-0.2, 0) is 24.8 Å². The van der Waals surface area contributed by atoms with Gasteiger partial charge in [-0.05, 0) is 38.1 Å². The van der Waals surface area contributed by atoms with Gasteiger partial charge in [-0.15, -0.1) is 0 Å². The summed E-state index contributed by atoms with van der Waals surface area (Å²) in [6.07, 6.45) is -0.392. The third kappa shape index (κ3) is 3.40. The molecule has 0 aliphatic carbocycles. The number of hydrogen-bond acceptors (Lipinski definition) is 6. The van der Waals surface area contributed by atoms with Gasteiger partial charge in [-0.25, -0.2) is 4.79 Å². The van der Waals surface area contributed by atoms with E-state index in [2.05, 4.69) is 5.32 Å². The molecule has 34 heavy (non-hydrogen) atoms. The molecule has 0 spiro atoms. The van der Waals surface area contributed by atoms with E-state index in [1.807, 2.05) is 60.7 Å². The molecule has 1 amide bonds. The molecule has 2 heterocycles. The lowest BCUT2D eigenvalue weighted by molar-refractivity contribution is -0.142. The summed E-state index contributed by atoms with van der Waals surface area (Å²) < 4.78 is 5.55. The fourth-order valence-corrected chi connectivity index (χ4v) is 5.43. The SMILES string of the molecule is CC(C)OC(=O)C1=C2C(=O)C(=O)N(c3ccccc3)C2(c2ccccc2)Nc2ccccc2S1. The highest BCUT2D eigenvalue weighted by atomic mass is 32.2. The maximum Gasteiger partial charge on any atom is 0.345 e. The fourth-order valence-electron chi connectivity index (χ4n) is 4.36. The van der Waals surface area contributed by atoms with Crippen LogP contribution in [0.4, 0.5) is 11.4 Å². The van der Waals surface area contributed by atoms with E-state index in [1.54, 1.807) is 38.1 Å². The topological polar surface area (TPSA) is 75.7 Å². The molecule has 6 nitrogen and oxygen atoms in total. The van der Waals surface area contributed by atoms with Crippen molar-refractivity contribution in [2.24, 2.45) is 0 Å². The van der Waals surface area contributed by atoms with Crippen LogP contribution in [0.3, 0.4) is 0 Å². The molecule has 1 atom stereocenters. The first-order valence-corrected chi connectivity index (χ1v) is 11.8. The van der Waals surface area contributed by atoms with E-state index < -0.39 is 29.4 Å². The van der Waals surface area contributed by atoms with Gasteiger partial charge < -0.3 is 10.1 Å². The van der Waals surface area contributed by atoms with E-state index in [0.717, 1.165) is 16.7 Å². The summed E-state index contributed by atoms with van der Waals surface area (Å²) in [6, 6.07) is 25.7. The predicted molar refractivity (Wildman–Crippen MR) is 131 cm³/mol. The lowest BCUT2D eigenvalue weighted by atomic mass is 9.89. The number of carbonyl (C=O) groups excluding carboxylic acids is 3. The number of rotatable bonds is 4. The molecular weight excluding hydrogens is 448 g/mol. The maximum absolute atomic E-state index is 13.7. The first-order chi connectivity index (χ1) is 16.4. The number of nitrogens with zero attached hydrogens (tertiary/aromatic N) is 1. The number of ketones is 1. The summed E-state index contributed by atoms with van der Waals surface area (Å²) in [5.41, 5.74) is 0.513. The Hall–Kier alpha value is -3.84. The van der Waals surface area contributed by atoms with Gasteiger partial charge in [-0.2, -0.15) is 0 Å². The number of Topliss-reactive ketones (excluding diaryl/α,β-unsaturated/α-hetero) is 1. The summed E-state index contributed by atoms with van der Waals surface area (Å²) in [4.78, 5) is 43.0. The van der Waals surface area contributed by atoms with Crippen molar-refractivity contribution in [2.45, 2.75) is 30.5 Å². The smallest absolute Gasteiger partial charge is 0.345 e. The standard InChI is InChI=1S/C27H22N2O4S/c1-17(2)33-26(32)24-22-23(30)25(31)29(19-13-7-4-8-14-19)27(22,18-11-5-3-6-12-18)28-20-15-9-10-16-21(20)34-24/h3-17,28H,1-2H3. The second-order valence-electron chi connectivity index (χ2n) is 8.26. The Morgan fingerprint density at radius 2 is 1.53 bits per heavy atom. The third-order valence-corrected chi connectivity index (χ3v) is 6.85. The van der Waals surface area contributed by atoms with Gasteiger partial charge >= 0.3 is 11.9 Å². The van der Waals surface area contributed by atoms with Crippen molar-refractivity contribution in [1.29, 1.82) is 0 Å². The number of benzene rings is 3. The molecule has 7 heteroatoms. The van der Waals surface area contributed by atoms with Crippen LogP contribution in [0.1, 0.15) is 19.4 Å².